The summed E-state index contributed by atoms with van der Waals surface area (Å²) < 4.78 is 0. The fraction of sp³-hybridized carbons (Fsp3) is 0.286. The molecule has 0 bridgehead atoms. The van der Waals surface area contributed by atoms with Gasteiger partial charge in [-0.3, -0.25) is 9.79 Å². The molecule has 5 nitrogen and oxygen atoms in total. The van der Waals surface area contributed by atoms with Crippen LogP contribution in [0.1, 0.15) is 17.4 Å². The molecule has 1 aliphatic heterocycles. The molecule has 1 aromatic heterocycles. The predicted octanol–water partition coefficient (Wildman–Crippen LogP) is 0.435. The number of imidazole rings is 1. The minimum atomic E-state index is -0.334. The number of H-pyrrole nitrogens is 1. The van der Waals surface area contributed by atoms with Crippen molar-refractivity contribution >= 4 is 17.9 Å². The number of carbonyl (C=O) groups excluding carboxylic acids is 1. The van der Waals surface area contributed by atoms with E-state index in [0.29, 0.717) is 11.5 Å². The number of nitrogens with one attached hydrogen (secondary N) is 2. The number of ketones is 1. The van der Waals surface area contributed by atoms with Crippen molar-refractivity contribution in [2.45, 2.75) is 13.0 Å². The number of carbonyl (C=O) groups is 1. The van der Waals surface area contributed by atoms with Crippen molar-refractivity contribution in [3.63, 3.8) is 0 Å². The van der Waals surface area contributed by atoms with Gasteiger partial charge in [0.15, 0.2) is 5.82 Å². The first kappa shape index (κ1) is 7.02. The molecule has 2 heterocycles. The molecule has 1 aliphatic rings. The maximum Gasteiger partial charge on any atom is 0.207 e. The van der Waals surface area contributed by atoms with Crippen LogP contribution in [0.5, 0.6) is 0 Å². The molecule has 1 unspecified atom stereocenters. The third-order valence-corrected chi connectivity index (χ3v) is 1.76. The van der Waals surface area contributed by atoms with Crippen molar-refractivity contribution in [3.05, 3.63) is 12.0 Å². The van der Waals surface area contributed by atoms with E-state index in [4.69, 9.17) is 0 Å². The van der Waals surface area contributed by atoms with Gasteiger partial charge < -0.3 is 10.3 Å². The lowest BCUT2D eigenvalue weighted by Crippen LogP contribution is -2.13. The van der Waals surface area contributed by atoms with E-state index in [0.717, 1.165) is 0 Å². The van der Waals surface area contributed by atoms with Crippen molar-refractivity contribution in [3.8, 4) is 0 Å². The first-order valence-electron chi connectivity index (χ1n) is 3.65. The van der Waals surface area contributed by atoms with Gasteiger partial charge in [0.25, 0.3) is 0 Å². The second-order valence-corrected chi connectivity index (χ2v) is 2.59. The van der Waals surface area contributed by atoms with Crippen LogP contribution in [0.15, 0.2) is 11.3 Å². The molecule has 2 N–H and O–H groups in total. The number of aromatic amines is 1. The Bertz CT molecular complexity index is 341. The summed E-state index contributed by atoms with van der Waals surface area (Å²) >= 11 is 0. The summed E-state index contributed by atoms with van der Waals surface area (Å²) in [5, 5.41) is 2.81. The van der Waals surface area contributed by atoms with E-state index < -0.39 is 0 Å². The second-order valence-electron chi connectivity index (χ2n) is 2.59. The molecule has 0 saturated carbocycles. The first-order valence-corrected chi connectivity index (χ1v) is 3.65. The highest BCUT2D eigenvalue weighted by Gasteiger charge is 2.21. The van der Waals surface area contributed by atoms with E-state index in [1.54, 1.807) is 6.92 Å². The molecule has 5 heteroatoms. The van der Waals surface area contributed by atoms with Crippen molar-refractivity contribution in [1.82, 2.24) is 9.97 Å². The van der Waals surface area contributed by atoms with Crippen LogP contribution >= 0.6 is 0 Å². The van der Waals surface area contributed by atoms with Crippen LogP contribution in [0.3, 0.4) is 0 Å². The van der Waals surface area contributed by atoms with Crippen molar-refractivity contribution in [2.75, 3.05) is 5.32 Å². The van der Waals surface area contributed by atoms with Gasteiger partial charge >= 0.3 is 0 Å². The molecule has 0 aromatic carbocycles. The van der Waals surface area contributed by atoms with Crippen LogP contribution in [0.2, 0.25) is 0 Å². The Labute approximate surface area is 68.9 Å². The van der Waals surface area contributed by atoms with E-state index in [9.17, 15) is 4.79 Å². The topological polar surface area (TPSA) is 70.1 Å². The minimum absolute atomic E-state index is 0.0382. The number of Topliss-reactive ketones (excluding diaryl/α,β-unsaturated/α-hetero) is 1. The summed E-state index contributed by atoms with van der Waals surface area (Å²) in [4.78, 5) is 22.1. The monoisotopic (exact) mass is 164 g/mol. The van der Waals surface area contributed by atoms with Crippen LogP contribution in [-0.4, -0.2) is 28.1 Å². The van der Waals surface area contributed by atoms with E-state index in [1.807, 2.05) is 0 Å². The van der Waals surface area contributed by atoms with Gasteiger partial charge in [-0.05, 0) is 6.92 Å². The zero-order chi connectivity index (χ0) is 8.55. The molecular formula is C7H8N4O. The molecule has 0 fully saturated rings. The predicted molar refractivity (Wildman–Crippen MR) is 44.5 cm³/mol. The Morgan fingerprint density at radius 3 is 3.25 bits per heavy atom. The lowest BCUT2D eigenvalue weighted by atomic mass is 10.2. The van der Waals surface area contributed by atoms with Gasteiger partial charge in [0, 0.05) is 0 Å². The van der Waals surface area contributed by atoms with Gasteiger partial charge in [-0.15, -0.1) is 0 Å². The molecule has 1 aromatic rings. The third-order valence-electron chi connectivity index (χ3n) is 1.76. The maximum absolute atomic E-state index is 11.5. The fourth-order valence-electron chi connectivity index (χ4n) is 1.08. The Hall–Kier alpha value is -1.65. The van der Waals surface area contributed by atoms with Crippen molar-refractivity contribution in [1.29, 1.82) is 0 Å². The SMILES string of the molecule is CC1N=CNc2nc[nH]c2C1=O. The summed E-state index contributed by atoms with van der Waals surface area (Å²) in [6, 6.07) is -0.334. The van der Waals surface area contributed by atoms with Crippen LogP contribution in [0.4, 0.5) is 5.82 Å². The average molecular weight is 164 g/mol. The van der Waals surface area contributed by atoms with Gasteiger partial charge in [0.05, 0.1) is 12.7 Å². The number of fused-ring (bicyclic) bond motifs is 1. The van der Waals surface area contributed by atoms with Crippen molar-refractivity contribution < 1.29 is 4.79 Å². The molecule has 0 aliphatic carbocycles. The van der Waals surface area contributed by atoms with Gasteiger partial charge in [-0.1, -0.05) is 0 Å². The van der Waals surface area contributed by atoms with Crippen LogP contribution in [-0.2, 0) is 0 Å². The molecule has 1 atom stereocenters. The molecule has 0 spiro atoms. The zero-order valence-corrected chi connectivity index (χ0v) is 6.53. The molecule has 0 amide bonds. The number of hydrogen-bond acceptors (Lipinski definition) is 4. The summed E-state index contributed by atoms with van der Waals surface area (Å²) in [5.74, 6) is 0.511. The van der Waals surface area contributed by atoms with E-state index in [1.165, 1.54) is 12.7 Å². The molecule has 12 heavy (non-hydrogen) atoms. The van der Waals surface area contributed by atoms with Crippen LogP contribution in [0, 0.1) is 0 Å². The number of aromatic nitrogens is 2. The Morgan fingerprint density at radius 2 is 2.42 bits per heavy atom. The minimum Gasteiger partial charge on any atom is -0.340 e. The first-order chi connectivity index (χ1) is 5.79. The molecule has 0 saturated heterocycles. The third kappa shape index (κ3) is 0.903. The molecular weight excluding hydrogens is 156 g/mol. The number of aliphatic imine (C=N–C) groups is 1. The van der Waals surface area contributed by atoms with Crippen molar-refractivity contribution in [2.24, 2.45) is 4.99 Å². The van der Waals surface area contributed by atoms with Crippen LogP contribution < -0.4 is 5.32 Å². The molecule has 62 valence electrons. The Kier molecular flexibility index (Phi) is 1.43. The number of rotatable bonds is 0. The van der Waals surface area contributed by atoms with Gasteiger partial charge in [-0.25, -0.2) is 4.98 Å². The Morgan fingerprint density at radius 1 is 1.58 bits per heavy atom. The fourth-order valence-corrected chi connectivity index (χ4v) is 1.08. The number of hydrogen-bond donors (Lipinski definition) is 2. The highest BCUT2D eigenvalue weighted by atomic mass is 16.1. The average Bonchev–Trinajstić information content (AvgIpc) is 2.46. The quantitative estimate of drug-likeness (QED) is 0.584. The van der Waals surface area contributed by atoms with E-state index >= 15 is 0 Å². The van der Waals surface area contributed by atoms with Crippen LogP contribution in [0.25, 0.3) is 0 Å². The van der Waals surface area contributed by atoms with E-state index in [-0.39, 0.29) is 11.8 Å². The lowest BCUT2D eigenvalue weighted by Gasteiger charge is -1.98. The molecule has 0 radical (unpaired) electrons. The second kappa shape index (κ2) is 2.44. The highest BCUT2D eigenvalue weighted by molar-refractivity contribution is 6.05. The zero-order valence-electron chi connectivity index (χ0n) is 6.53. The summed E-state index contributed by atoms with van der Waals surface area (Å²) in [7, 11) is 0. The summed E-state index contributed by atoms with van der Waals surface area (Å²) in [5.41, 5.74) is 0.500. The molecule has 2 rings (SSSR count). The summed E-state index contributed by atoms with van der Waals surface area (Å²) in [6.07, 6.45) is 2.98. The standard InChI is InChI=1S/C7H8N4O/c1-4-6(12)5-7(10-2-8-4)11-3-9-5/h2-4H,1H3,(H,8,10)(H,9,11). The Balaban J connectivity index is 2.50. The number of nitrogens with zero attached hydrogens (tertiary/aromatic N) is 2. The normalized spacial score (nSPS) is 21.4. The van der Waals surface area contributed by atoms with E-state index in [2.05, 4.69) is 20.3 Å². The lowest BCUT2D eigenvalue weighted by molar-refractivity contribution is 0.0966. The van der Waals surface area contributed by atoms with Gasteiger partial charge in [-0.2, -0.15) is 0 Å². The van der Waals surface area contributed by atoms with Gasteiger partial charge in [0.2, 0.25) is 5.78 Å². The number of anilines is 1. The maximum atomic E-state index is 11.5. The highest BCUT2D eigenvalue weighted by Crippen LogP contribution is 2.14. The van der Waals surface area contributed by atoms with Gasteiger partial charge in [0.1, 0.15) is 11.7 Å². The largest absolute Gasteiger partial charge is 0.340 e. The smallest absolute Gasteiger partial charge is 0.207 e. The summed E-state index contributed by atoms with van der Waals surface area (Å²) in [6.45, 7) is 1.75.